The van der Waals surface area contributed by atoms with Crippen molar-refractivity contribution in [2.75, 3.05) is 11.9 Å². The van der Waals surface area contributed by atoms with Crippen LogP contribution in [0.3, 0.4) is 0 Å². The third kappa shape index (κ3) is 4.19. The van der Waals surface area contributed by atoms with Crippen molar-refractivity contribution in [2.45, 2.75) is 52.0 Å². The summed E-state index contributed by atoms with van der Waals surface area (Å²) < 4.78 is 7.41. The maximum Gasteiger partial charge on any atom is 0.262 e. The Morgan fingerprint density at radius 2 is 2.11 bits per heavy atom. The summed E-state index contributed by atoms with van der Waals surface area (Å²) in [4.78, 5) is 17.3. The van der Waals surface area contributed by atoms with Gasteiger partial charge in [0.15, 0.2) is 6.61 Å². The van der Waals surface area contributed by atoms with E-state index in [2.05, 4.69) is 30.8 Å². The van der Waals surface area contributed by atoms with Gasteiger partial charge < -0.3 is 10.1 Å². The van der Waals surface area contributed by atoms with Gasteiger partial charge in [0.25, 0.3) is 5.91 Å². The van der Waals surface area contributed by atoms with E-state index in [0.29, 0.717) is 17.4 Å². The van der Waals surface area contributed by atoms with Gasteiger partial charge in [-0.2, -0.15) is 5.10 Å². The molecule has 1 aromatic heterocycles. The van der Waals surface area contributed by atoms with Gasteiger partial charge in [0.05, 0.1) is 11.4 Å². The fourth-order valence-corrected chi connectivity index (χ4v) is 4.58. The van der Waals surface area contributed by atoms with E-state index in [9.17, 15) is 4.79 Å². The Kier molecular flexibility index (Phi) is 5.62. The molecule has 6 nitrogen and oxygen atoms in total. The number of benzene rings is 1. The molecule has 2 aliphatic rings. The minimum atomic E-state index is -0.131. The fourth-order valence-electron chi connectivity index (χ4n) is 3.61. The second-order valence-corrected chi connectivity index (χ2v) is 8.49. The minimum Gasteiger partial charge on any atom is -0.482 e. The molecule has 1 N–H and O–H groups in total. The lowest BCUT2D eigenvalue weighted by Gasteiger charge is -2.19. The molecular weight excluding hydrogens is 372 g/mol. The van der Waals surface area contributed by atoms with Crippen LogP contribution in [0.4, 0.5) is 5.69 Å². The van der Waals surface area contributed by atoms with E-state index in [-0.39, 0.29) is 18.6 Å². The highest BCUT2D eigenvalue weighted by molar-refractivity contribution is 7.07. The number of fused-ring (bicyclic) bond motifs is 1. The number of ether oxygens (including phenoxy) is 1. The Balaban J connectivity index is 1.72. The molecule has 4 rings (SSSR count). The number of aromatic nitrogens is 1. The monoisotopic (exact) mass is 398 g/mol. The Morgan fingerprint density at radius 1 is 1.29 bits per heavy atom. The van der Waals surface area contributed by atoms with Crippen LogP contribution in [-0.2, 0) is 4.79 Å². The first-order valence-electron chi connectivity index (χ1n) is 9.96. The van der Waals surface area contributed by atoms with Crippen molar-refractivity contribution in [1.29, 1.82) is 0 Å². The van der Waals surface area contributed by atoms with Crippen molar-refractivity contribution < 1.29 is 9.53 Å². The number of carbonyl (C=O) groups is 1. The fraction of sp³-hybridized carbons (Fsp3) is 0.476. The van der Waals surface area contributed by atoms with Crippen LogP contribution in [-0.4, -0.2) is 29.4 Å². The second-order valence-electron chi connectivity index (χ2n) is 7.65. The molecular formula is C21H26N4O2S. The Labute approximate surface area is 169 Å². The van der Waals surface area contributed by atoms with E-state index in [0.717, 1.165) is 16.1 Å². The number of hydrogen-bond donors (Lipinski definition) is 1. The molecule has 28 heavy (non-hydrogen) atoms. The molecule has 7 heteroatoms. The smallest absolute Gasteiger partial charge is 0.262 e. The summed E-state index contributed by atoms with van der Waals surface area (Å²) in [5.41, 5.74) is 2.65. The van der Waals surface area contributed by atoms with Gasteiger partial charge in [0.2, 0.25) is 4.80 Å². The zero-order valence-corrected chi connectivity index (χ0v) is 17.2. The van der Waals surface area contributed by atoms with E-state index in [1.165, 1.54) is 32.1 Å². The quantitative estimate of drug-likeness (QED) is 0.782. The van der Waals surface area contributed by atoms with Gasteiger partial charge in [-0.1, -0.05) is 19.3 Å². The average molecular weight is 399 g/mol. The predicted molar refractivity (Wildman–Crippen MR) is 113 cm³/mol. The molecule has 1 amide bonds. The number of anilines is 1. The van der Waals surface area contributed by atoms with Crippen LogP contribution < -0.4 is 14.9 Å². The highest BCUT2D eigenvalue weighted by Gasteiger charge is 2.18. The molecule has 2 aromatic rings. The second kappa shape index (κ2) is 8.31. The highest BCUT2D eigenvalue weighted by atomic mass is 32.1. The zero-order chi connectivity index (χ0) is 19.5. The first-order valence-corrected chi connectivity index (χ1v) is 10.8. The third-order valence-corrected chi connectivity index (χ3v) is 5.84. The number of hydrogen-bond acceptors (Lipinski definition) is 5. The first-order chi connectivity index (χ1) is 13.6. The number of nitrogens with zero attached hydrogens (tertiary/aromatic N) is 3. The van der Waals surface area contributed by atoms with Crippen molar-refractivity contribution in [3.63, 3.8) is 0 Å². The van der Waals surface area contributed by atoms with Gasteiger partial charge >= 0.3 is 0 Å². The van der Waals surface area contributed by atoms with Crippen LogP contribution in [0.1, 0.15) is 46.0 Å². The van der Waals surface area contributed by atoms with Crippen molar-refractivity contribution >= 4 is 29.1 Å². The van der Waals surface area contributed by atoms with Gasteiger partial charge in [0.1, 0.15) is 5.75 Å². The third-order valence-electron chi connectivity index (χ3n) is 5.00. The molecule has 0 bridgehead atoms. The first kappa shape index (κ1) is 18.9. The van der Waals surface area contributed by atoms with Crippen molar-refractivity contribution in [2.24, 2.45) is 16.0 Å². The van der Waals surface area contributed by atoms with E-state index >= 15 is 0 Å². The lowest BCUT2D eigenvalue weighted by molar-refractivity contribution is -0.118. The number of amides is 1. The Hall–Kier alpha value is -2.41. The SMILES string of the molecule is CC(C)N=c1scc(-c2ccc3c(c2)NC(=O)CO3)n1N=CC1CCCCC1. The van der Waals surface area contributed by atoms with Crippen molar-refractivity contribution in [3.05, 3.63) is 28.4 Å². The Morgan fingerprint density at radius 3 is 2.89 bits per heavy atom. The highest BCUT2D eigenvalue weighted by Crippen LogP contribution is 2.33. The van der Waals surface area contributed by atoms with Gasteiger partial charge in [-0.15, -0.1) is 11.3 Å². The molecule has 2 heterocycles. The zero-order valence-electron chi connectivity index (χ0n) is 16.4. The van der Waals surface area contributed by atoms with Crippen molar-refractivity contribution in [3.8, 4) is 17.0 Å². The van der Waals surface area contributed by atoms with Crippen LogP contribution in [0.15, 0.2) is 33.7 Å². The number of thiazole rings is 1. The average Bonchev–Trinajstić information content (AvgIpc) is 3.08. The number of nitrogens with one attached hydrogen (secondary N) is 1. The van der Waals surface area contributed by atoms with E-state index < -0.39 is 0 Å². The summed E-state index contributed by atoms with van der Waals surface area (Å²) >= 11 is 1.59. The number of carbonyl (C=O) groups excluding carboxylic acids is 1. The summed E-state index contributed by atoms with van der Waals surface area (Å²) in [5, 5.41) is 9.79. The maximum atomic E-state index is 11.7. The molecule has 1 aromatic carbocycles. The molecule has 0 radical (unpaired) electrons. The van der Waals surface area contributed by atoms with E-state index in [1.807, 2.05) is 22.9 Å². The minimum absolute atomic E-state index is 0.0634. The molecule has 1 saturated carbocycles. The standard InChI is InChI=1S/C21H26N4O2S/c1-14(2)23-21-25(22-11-15-6-4-3-5-7-15)18(13-28-21)16-8-9-19-17(10-16)24-20(26)12-27-19/h8-11,13-15H,3-7,12H2,1-2H3,(H,24,26). The summed E-state index contributed by atoms with van der Waals surface area (Å²) in [5.74, 6) is 1.11. The van der Waals surface area contributed by atoms with Gasteiger partial charge in [0, 0.05) is 23.2 Å². The van der Waals surface area contributed by atoms with Crippen LogP contribution in [0.25, 0.3) is 11.3 Å². The van der Waals surface area contributed by atoms with E-state index in [4.69, 9.17) is 14.8 Å². The summed E-state index contributed by atoms with van der Waals surface area (Å²) in [6.07, 6.45) is 8.41. The normalized spacial score (nSPS) is 18.4. The molecule has 0 spiro atoms. The van der Waals surface area contributed by atoms with Crippen LogP contribution in [0.5, 0.6) is 5.75 Å². The molecule has 148 valence electrons. The van der Waals surface area contributed by atoms with Gasteiger partial charge in [-0.25, -0.2) is 4.68 Å². The van der Waals surface area contributed by atoms with Gasteiger partial charge in [-0.05, 0) is 50.8 Å². The summed E-state index contributed by atoms with van der Waals surface area (Å²) in [7, 11) is 0. The van der Waals surface area contributed by atoms with Crippen LogP contribution >= 0.6 is 11.3 Å². The summed E-state index contributed by atoms with van der Waals surface area (Å²) in [6.45, 7) is 4.20. The lowest BCUT2D eigenvalue weighted by atomic mass is 9.90. The molecule has 0 atom stereocenters. The Bertz CT molecular complexity index is 952. The molecule has 0 saturated heterocycles. The largest absolute Gasteiger partial charge is 0.482 e. The van der Waals surface area contributed by atoms with E-state index in [1.54, 1.807) is 11.3 Å². The van der Waals surface area contributed by atoms with Gasteiger partial charge in [-0.3, -0.25) is 9.79 Å². The molecule has 1 aliphatic carbocycles. The maximum absolute atomic E-state index is 11.7. The predicted octanol–water partition coefficient (Wildman–Crippen LogP) is 4.27. The summed E-state index contributed by atoms with van der Waals surface area (Å²) in [6, 6.07) is 6.04. The number of rotatable bonds is 4. The van der Waals surface area contributed by atoms with Crippen LogP contribution in [0, 0.1) is 5.92 Å². The molecule has 0 unspecified atom stereocenters. The molecule has 1 fully saturated rings. The van der Waals surface area contributed by atoms with Crippen LogP contribution in [0.2, 0.25) is 0 Å². The van der Waals surface area contributed by atoms with Crippen molar-refractivity contribution in [1.82, 2.24) is 4.68 Å². The topological polar surface area (TPSA) is 68.0 Å². The lowest BCUT2D eigenvalue weighted by Crippen LogP contribution is -2.25. The molecule has 1 aliphatic heterocycles.